The Balaban J connectivity index is 1.75. The maximum absolute atomic E-state index is 12.4. The first-order valence-electron chi connectivity index (χ1n) is 8.47. The van der Waals surface area contributed by atoms with E-state index in [-0.39, 0.29) is 16.1 Å². The Morgan fingerprint density at radius 2 is 1.93 bits per heavy atom. The van der Waals surface area contributed by atoms with Crippen molar-refractivity contribution in [1.82, 2.24) is 4.90 Å². The molecule has 1 heterocycles. The summed E-state index contributed by atoms with van der Waals surface area (Å²) in [5.74, 6) is -0.00446. The largest absolute Gasteiger partial charge is 0.362 e. The lowest BCUT2D eigenvalue weighted by molar-refractivity contribution is -0.384. The molecule has 0 spiro atoms. The van der Waals surface area contributed by atoms with Gasteiger partial charge in [-0.1, -0.05) is 6.07 Å². The van der Waals surface area contributed by atoms with Crippen molar-refractivity contribution in [3.05, 3.63) is 64.2 Å². The van der Waals surface area contributed by atoms with Gasteiger partial charge in [0, 0.05) is 43.4 Å². The van der Waals surface area contributed by atoms with E-state index in [2.05, 4.69) is 9.71 Å². The van der Waals surface area contributed by atoms with E-state index in [0.29, 0.717) is 17.9 Å². The average molecular weight is 402 g/mol. The van der Waals surface area contributed by atoms with Crippen LogP contribution >= 0.6 is 0 Å². The lowest BCUT2D eigenvalue weighted by Gasteiger charge is -2.11. The van der Waals surface area contributed by atoms with Crippen molar-refractivity contribution in [1.29, 1.82) is 0 Å². The van der Waals surface area contributed by atoms with Crippen LogP contribution in [0.15, 0.2) is 57.8 Å². The van der Waals surface area contributed by atoms with Gasteiger partial charge >= 0.3 is 0 Å². The Morgan fingerprint density at radius 3 is 2.54 bits per heavy atom. The SMILES string of the molecule is CN1CCCC1=NS(=O)(=O)c1ccc(NC(=O)c2cccc([N+](=O)[O-])c2)cc1. The normalized spacial score (nSPS) is 15.6. The summed E-state index contributed by atoms with van der Waals surface area (Å²) in [5.41, 5.74) is 0.299. The summed E-state index contributed by atoms with van der Waals surface area (Å²) in [4.78, 5) is 24.3. The van der Waals surface area contributed by atoms with Crippen LogP contribution < -0.4 is 5.32 Å². The number of sulfonamides is 1. The summed E-state index contributed by atoms with van der Waals surface area (Å²) in [6.45, 7) is 0.775. The molecule has 0 bridgehead atoms. The molecule has 0 aliphatic carbocycles. The van der Waals surface area contributed by atoms with E-state index < -0.39 is 20.9 Å². The number of hydrogen-bond donors (Lipinski definition) is 1. The Morgan fingerprint density at radius 1 is 1.21 bits per heavy atom. The number of carbonyl (C=O) groups excluding carboxylic acids is 1. The van der Waals surface area contributed by atoms with Crippen LogP contribution in [-0.2, 0) is 10.0 Å². The van der Waals surface area contributed by atoms with Gasteiger partial charge < -0.3 is 10.2 Å². The molecular weight excluding hydrogens is 384 g/mol. The van der Waals surface area contributed by atoms with E-state index in [1.165, 1.54) is 48.5 Å². The van der Waals surface area contributed by atoms with Crippen molar-refractivity contribution in [2.75, 3.05) is 18.9 Å². The summed E-state index contributed by atoms with van der Waals surface area (Å²) in [5, 5.41) is 13.4. The van der Waals surface area contributed by atoms with Crippen LogP contribution in [0.2, 0.25) is 0 Å². The highest BCUT2D eigenvalue weighted by molar-refractivity contribution is 7.90. The fraction of sp³-hybridized carbons (Fsp3) is 0.222. The van der Waals surface area contributed by atoms with E-state index in [9.17, 15) is 23.3 Å². The predicted octanol–water partition coefficient (Wildman–Crippen LogP) is 2.66. The molecule has 3 rings (SSSR count). The van der Waals surface area contributed by atoms with Crippen molar-refractivity contribution in [3.8, 4) is 0 Å². The van der Waals surface area contributed by atoms with Crippen LogP contribution in [0.4, 0.5) is 11.4 Å². The number of nitro groups is 1. The average Bonchev–Trinajstić information content (AvgIpc) is 3.06. The fourth-order valence-corrected chi connectivity index (χ4v) is 3.87. The van der Waals surface area contributed by atoms with Crippen molar-refractivity contribution < 1.29 is 18.1 Å². The minimum atomic E-state index is -3.83. The van der Waals surface area contributed by atoms with Crippen molar-refractivity contribution in [2.45, 2.75) is 17.7 Å². The van der Waals surface area contributed by atoms with E-state index in [0.717, 1.165) is 13.0 Å². The van der Waals surface area contributed by atoms with Gasteiger partial charge in [-0.05, 0) is 36.8 Å². The minimum absolute atomic E-state index is 0.0219. The van der Waals surface area contributed by atoms with E-state index >= 15 is 0 Å². The number of benzene rings is 2. The Labute approximate surface area is 161 Å². The van der Waals surface area contributed by atoms with Gasteiger partial charge in [-0.2, -0.15) is 8.42 Å². The Bertz CT molecular complexity index is 1050. The number of amides is 1. The molecule has 9 nitrogen and oxygen atoms in total. The number of carbonyl (C=O) groups is 1. The molecule has 0 aromatic heterocycles. The lowest BCUT2D eigenvalue weighted by Crippen LogP contribution is -2.20. The third-order valence-electron chi connectivity index (χ3n) is 4.29. The number of amidine groups is 1. The lowest BCUT2D eigenvalue weighted by atomic mass is 10.2. The summed E-state index contributed by atoms with van der Waals surface area (Å²) in [7, 11) is -2.03. The molecule has 2 aromatic carbocycles. The number of nitro benzene ring substituents is 1. The fourth-order valence-electron chi connectivity index (χ4n) is 2.78. The summed E-state index contributed by atoms with van der Waals surface area (Å²) >= 11 is 0. The topological polar surface area (TPSA) is 122 Å². The number of hydrogen-bond acceptors (Lipinski definition) is 5. The summed E-state index contributed by atoms with van der Waals surface area (Å²) in [6, 6.07) is 10.9. The van der Waals surface area contributed by atoms with Crippen LogP contribution in [0.25, 0.3) is 0 Å². The maximum Gasteiger partial charge on any atom is 0.283 e. The summed E-state index contributed by atoms with van der Waals surface area (Å²) < 4.78 is 28.7. The number of non-ortho nitro benzene ring substituents is 1. The smallest absolute Gasteiger partial charge is 0.283 e. The molecule has 1 saturated heterocycles. The first-order chi connectivity index (χ1) is 13.3. The van der Waals surface area contributed by atoms with Crippen LogP contribution in [0.5, 0.6) is 0 Å². The molecule has 0 atom stereocenters. The highest BCUT2D eigenvalue weighted by atomic mass is 32.2. The highest BCUT2D eigenvalue weighted by Crippen LogP contribution is 2.20. The molecule has 146 valence electrons. The molecule has 1 amide bonds. The first-order valence-corrected chi connectivity index (χ1v) is 9.91. The number of rotatable bonds is 5. The zero-order valence-electron chi connectivity index (χ0n) is 15.0. The summed E-state index contributed by atoms with van der Waals surface area (Å²) in [6.07, 6.45) is 1.49. The molecule has 0 radical (unpaired) electrons. The Kier molecular flexibility index (Phi) is 5.41. The number of anilines is 1. The van der Waals surface area contributed by atoms with Gasteiger partial charge in [-0.25, -0.2) is 0 Å². The van der Waals surface area contributed by atoms with Crippen molar-refractivity contribution in [2.24, 2.45) is 4.40 Å². The van der Waals surface area contributed by atoms with Crippen molar-refractivity contribution in [3.63, 3.8) is 0 Å². The molecule has 1 N–H and O–H groups in total. The Hall–Kier alpha value is -3.27. The molecule has 28 heavy (non-hydrogen) atoms. The van der Waals surface area contributed by atoms with Gasteiger partial charge in [0.05, 0.1) is 9.82 Å². The molecule has 1 aliphatic heterocycles. The zero-order valence-corrected chi connectivity index (χ0v) is 15.8. The van der Waals surface area contributed by atoms with Crippen LogP contribution in [0.1, 0.15) is 23.2 Å². The molecular formula is C18H18N4O5S. The maximum atomic E-state index is 12.4. The third kappa shape index (κ3) is 4.34. The second kappa shape index (κ2) is 7.77. The van der Waals surface area contributed by atoms with Crippen LogP contribution in [0.3, 0.4) is 0 Å². The molecule has 2 aromatic rings. The molecule has 1 aliphatic rings. The molecule has 1 fully saturated rings. The second-order valence-corrected chi connectivity index (χ2v) is 7.90. The predicted molar refractivity (Wildman–Crippen MR) is 104 cm³/mol. The third-order valence-corrected chi connectivity index (χ3v) is 5.61. The molecule has 0 unspecified atom stereocenters. The minimum Gasteiger partial charge on any atom is -0.362 e. The zero-order chi connectivity index (χ0) is 20.3. The first kappa shape index (κ1) is 19.5. The van der Waals surface area contributed by atoms with E-state index in [1.807, 2.05) is 4.90 Å². The second-order valence-electron chi connectivity index (χ2n) is 6.29. The molecule has 0 saturated carbocycles. The van der Waals surface area contributed by atoms with Crippen LogP contribution in [-0.4, -0.2) is 43.6 Å². The van der Waals surface area contributed by atoms with Crippen molar-refractivity contribution >= 4 is 33.1 Å². The van der Waals surface area contributed by atoms with Crippen LogP contribution in [0, 0.1) is 10.1 Å². The number of likely N-dealkylation sites (tertiary alicyclic amines) is 1. The van der Waals surface area contributed by atoms with E-state index in [1.54, 1.807) is 7.05 Å². The number of nitrogens with zero attached hydrogens (tertiary/aromatic N) is 3. The number of nitrogens with one attached hydrogen (secondary N) is 1. The molecule has 10 heteroatoms. The van der Waals surface area contributed by atoms with Gasteiger partial charge in [-0.15, -0.1) is 4.40 Å². The van der Waals surface area contributed by atoms with Gasteiger partial charge in [0.15, 0.2) is 0 Å². The van der Waals surface area contributed by atoms with E-state index in [4.69, 9.17) is 0 Å². The van der Waals surface area contributed by atoms with Gasteiger partial charge in [-0.3, -0.25) is 14.9 Å². The van der Waals surface area contributed by atoms with Gasteiger partial charge in [0.25, 0.3) is 21.6 Å². The van der Waals surface area contributed by atoms with Gasteiger partial charge in [0.2, 0.25) is 0 Å². The quantitative estimate of drug-likeness (QED) is 0.606. The highest BCUT2D eigenvalue weighted by Gasteiger charge is 2.20. The van der Waals surface area contributed by atoms with Gasteiger partial charge in [0.1, 0.15) is 5.84 Å². The standard InChI is InChI=1S/C18H18N4O5S/c1-21-11-3-6-17(21)20-28(26,27)16-9-7-14(8-10-16)19-18(23)13-4-2-5-15(12-13)22(24)25/h2,4-5,7-10,12H,3,6,11H2,1H3,(H,19,23). The monoisotopic (exact) mass is 402 g/mol.